The van der Waals surface area contributed by atoms with Gasteiger partial charge in [-0.05, 0) is 19.9 Å². The first-order valence-electron chi connectivity index (χ1n) is 5.35. The maximum absolute atomic E-state index is 11.9. The average molecular weight is 198 g/mol. The molecule has 1 unspecified atom stereocenters. The molecule has 0 aromatic heterocycles. The van der Waals surface area contributed by atoms with Gasteiger partial charge in [0.2, 0.25) is 5.91 Å². The molecule has 14 heavy (non-hydrogen) atoms. The molecule has 2 fully saturated rings. The second-order valence-electron chi connectivity index (χ2n) is 4.46. The van der Waals surface area contributed by atoms with Gasteiger partial charge in [0.1, 0.15) is 11.8 Å². The van der Waals surface area contributed by atoms with Gasteiger partial charge in [0.05, 0.1) is 0 Å². The van der Waals surface area contributed by atoms with E-state index >= 15 is 0 Å². The Morgan fingerprint density at radius 1 is 1.43 bits per heavy atom. The van der Waals surface area contributed by atoms with Crippen LogP contribution in [0.1, 0.15) is 32.1 Å². The quantitative estimate of drug-likeness (QED) is 0.579. The summed E-state index contributed by atoms with van der Waals surface area (Å²) in [4.78, 5) is 13.9. The Bertz CT molecular complexity index is 236. The minimum atomic E-state index is -0.694. The molecule has 1 spiro atoms. The number of nitrogens with zero attached hydrogens (tertiary/aromatic N) is 1. The van der Waals surface area contributed by atoms with Crippen molar-refractivity contribution in [2.75, 3.05) is 13.6 Å². The number of carbonyl (C=O) groups is 1. The van der Waals surface area contributed by atoms with Gasteiger partial charge in [-0.3, -0.25) is 9.69 Å². The van der Waals surface area contributed by atoms with Crippen LogP contribution in [0.3, 0.4) is 0 Å². The minimum absolute atomic E-state index is 0.0125. The van der Waals surface area contributed by atoms with Gasteiger partial charge in [-0.2, -0.15) is 0 Å². The molecule has 1 amide bonds. The van der Waals surface area contributed by atoms with Crippen molar-refractivity contribution in [1.29, 1.82) is 0 Å². The number of aliphatic hydroxyl groups excluding tert-OH is 1. The number of likely N-dealkylation sites (N-methyl/N-ethyl adjacent to an activating group) is 1. The van der Waals surface area contributed by atoms with Gasteiger partial charge in [-0.25, -0.2) is 0 Å². The highest BCUT2D eigenvalue weighted by atomic mass is 16.3. The van der Waals surface area contributed by atoms with E-state index in [1.165, 1.54) is 6.42 Å². The summed E-state index contributed by atoms with van der Waals surface area (Å²) in [5, 5.41) is 12.0. The first kappa shape index (κ1) is 9.93. The summed E-state index contributed by atoms with van der Waals surface area (Å²) < 4.78 is 0. The van der Waals surface area contributed by atoms with Crippen molar-refractivity contribution in [3.63, 3.8) is 0 Å². The lowest BCUT2D eigenvalue weighted by atomic mass is 9.78. The van der Waals surface area contributed by atoms with Gasteiger partial charge in [-0.15, -0.1) is 0 Å². The zero-order chi connectivity index (χ0) is 10.2. The van der Waals surface area contributed by atoms with Crippen molar-refractivity contribution in [2.45, 2.75) is 43.9 Å². The molecule has 4 nitrogen and oxygen atoms in total. The van der Waals surface area contributed by atoms with E-state index in [1.807, 2.05) is 11.9 Å². The Morgan fingerprint density at radius 2 is 2.07 bits per heavy atom. The number of amides is 1. The van der Waals surface area contributed by atoms with Crippen LogP contribution in [0.4, 0.5) is 0 Å². The number of rotatable bonds is 0. The molecule has 1 saturated heterocycles. The van der Waals surface area contributed by atoms with Crippen LogP contribution in [0.15, 0.2) is 0 Å². The third-order valence-electron chi connectivity index (χ3n) is 3.58. The molecule has 1 aliphatic heterocycles. The molecule has 1 atom stereocenters. The van der Waals surface area contributed by atoms with Gasteiger partial charge in [-0.1, -0.05) is 19.3 Å². The van der Waals surface area contributed by atoms with E-state index in [9.17, 15) is 9.90 Å². The van der Waals surface area contributed by atoms with E-state index in [2.05, 4.69) is 5.32 Å². The van der Waals surface area contributed by atoms with E-state index in [0.717, 1.165) is 25.7 Å². The number of aliphatic hydroxyl groups is 1. The number of β-amino-alcohol motifs (C(OH)–C–C–N with tert-alkyl or cyclic N) is 1. The molecule has 1 aliphatic carbocycles. The molecule has 2 N–H and O–H groups in total. The number of piperazine rings is 1. The highest BCUT2D eigenvalue weighted by Gasteiger charge is 2.46. The predicted molar refractivity (Wildman–Crippen MR) is 52.6 cm³/mol. The van der Waals surface area contributed by atoms with Gasteiger partial charge >= 0.3 is 0 Å². The molecule has 1 saturated carbocycles. The maximum atomic E-state index is 11.9. The normalized spacial score (nSPS) is 33.0. The Kier molecular flexibility index (Phi) is 2.49. The van der Waals surface area contributed by atoms with Gasteiger partial charge < -0.3 is 10.4 Å². The van der Waals surface area contributed by atoms with Crippen molar-refractivity contribution < 1.29 is 9.90 Å². The molecule has 2 aliphatic rings. The Morgan fingerprint density at radius 3 is 2.64 bits per heavy atom. The van der Waals surface area contributed by atoms with Crippen molar-refractivity contribution >= 4 is 5.91 Å². The largest absolute Gasteiger partial charge is 0.372 e. The molecule has 80 valence electrons. The second kappa shape index (κ2) is 3.51. The van der Waals surface area contributed by atoms with Crippen LogP contribution in [0.5, 0.6) is 0 Å². The molecular formula is C10H18N2O2. The lowest BCUT2D eigenvalue weighted by molar-refractivity contribution is -0.147. The fraction of sp³-hybridized carbons (Fsp3) is 0.900. The third-order valence-corrected chi connectivity index (χ3v) is 3.58. The molecule has 2 rings (SSSR count). The molecule has 1 heterocycles. The van der Waals surface area contributed by atoms with Crippen LogP contribution in [0.25, 0.3) is 0 Å². The van der Waals surface area contributed by atoms with E-state index in [1.54, 1.807) is 0 Å². The summed E-state index contributed by atoms with van der Waals surface area (Å²) in [7, 11) is 1.94. The average Bonchev–Trinajstić information content (AvgIpc) is 2.16. The first-order valence-corrected chi connectivity index (χ1v) is 5.35. The molecule has 4 heteroatoms. The van der Waals surface area contributed by atoms with E-state index in [0.29, 0.717) is 6.54 Å². The summed E-state index contributed by atoms with van der Waals surface area (Å²) in [5.41, 5.74) is -0.322. The Labute approximate surface area is 84.3 Å². The second-order valence-corrected chi connectivity index (χ2v) is 4.46. The lowest BCUT2D eigenvalue weighted by Gasteiger charge is -2.47. The Hall–Kier alpha value is -0.610. The van der Waals surface area contributed by atoms with Crippen LogP contribution in [0, 0.1) is 0 Å². The predicted octanol–water partition coefficient (Wildman–Crippen LogP) is 0.0693. The number of hydrogen-bond acceptors (Lipinski definition) is 3. The summed E-state index contributed by atoms with van der Waals surface area (Å²) >= 11 is 0. The topological polar surface area (TPSA) is 52.6 Å². The standard InChI is InChI=1S/C10H18N2O2/c1-12-7-8(13)11-9(14)10(12)5-3-2-4-6-10/h8,13H,2-7H2,1H3,(H,11,14). The van der Waals surface area contributed by atoms with Crippen molar-refractivity contribution in [3.8, 4) is 0 Å². The van der Waals surface area contributed by atoms with Crippen LogP contribution >= 0.6 is 0 Å². The van der Waals surface area contributed by atoms with E-state index < -0.39 is 6.23 Å². The maximum Gasteiger partial charge on any atom is 0.242 e. The van der Waals surface area contributed by atoms with E-state index in [-0.39, 0.29) is 11.4 Å². The number of nitrogens with one attached hydrogen (secondary N) is 1. The van der Waals surface area contributed by atoms with Gasteiger partial charge in [0.25, 0.3) is 0 Å². The minimum Gasteiger partial charge on any atom is -0.372 e. The molecule has 0 bridgehead atoms. The number of hydrogen-bond donors (Lipinski definition) is 2. The van der Waals surface area contributed by atoms with Crippen LogP contribution < -0.4 is 5.32 Å². The summed E-state index contributed by atoms with van der Waals surface area (Å²) in [6.45, 7) is 0.547. The molecule has 0 aromatic carbocycles. The molecular weight excluding hydrogens is 180 g/mol. The molecule has 0 radical (unpaired) electrons. The number of carbonyl (C=O) groups excluding carboxylic acids is 1. The van der Waals surface area contributed by atoms with Crippen LogP contribution in [-0.4, -0.2) is 41.3 Å². The fourth-order valence-electron chi connectivity index (χ4n) is 2.68. The summed E-state index contributed by atoms with van der Waals surface area (Å²) in [6, 6.07) is 0. The third kappa shape index (κ3) is 1.42. The highest BCUT2D eigenvalue weighted by Crippen LogP contribution is 2.34. The smallest absolute Gasteiger partial charge is 0.242 e. The summed E-state index contributed by atoms with van der Waals surface area (Å²) in [5.74, 6) is 0.0125. The zero-order valence-corrected chi connectivity index (χ0v) is 8.62. The van der Waals surface area contributed by atoms with Crippen molar-refractivity contribution in [2.24, 2.45) is 0 Å². The van der Waals surface area contributed by atoms with Crippen molar-refractivity contribution in [3.05, 3.63) is 0 Å². The van der Waals surface area contributed by atoms with Gasteiger partial charge in [0, 0.05) is 6.54 Å². The monoisotopic (exact) mass is 198 g/mol. The summed E-state index contributed by atoms with van der Waals surface area (Å²) in [6.07, 6.45) is 4.64. The zero-order valence-electron chi connectivity index (χ0n) is 8.62. The van der Waals surface area contributed by atoms with Crippen LogP contribution in [-0.2, 0) is 4.79 Å². The fourth-order valence-corrected chi connectivity index (χ4v) is 2.68. The molecule has 0 aromatic rings. The Balaban J connectivity index is 2.18. The lowest BCUT2D eigenvalue weighted by Crippen LogP contribution is -2.67. The SMILES string of the molecule is CN1CC(O)NC(=O)C12CCCCC2. The van der Waals surface area contributed by atoms with Crippen LogP contribution in [0.2, 0.25) is 0 Å². The highest BCUT2D eigenvalue weighted by molar-refractivity contribution is 5.87. The first-order chi connectivity index (χ1) is 6.65. The van der Waals surface area contributed by atoms with Crippen molar-refractivity contribution in [1.82, 2.24) is 10.2 Å². The van der Waals surface area contributed by atoms with E-state index in [4.69, 9.17) is 0 Å². The van der Waals surface area contributed by atoms with Gasteiger partial charge in [0.15, 0.2) is 0 Å².